The van der Waals surface area contributed by atoms with E-state index >= 15 is 0 Å². The average Bonchev–Trinajstić information content (AvgIpc) is 2.84. The molecule has 0 amide bonds. The zero-order valence-electron chi connectivity index (χ0n) is 18.9. The Morgan fingerprint density at radius 2 is 1.97 bits per heavy atom. The van der Waals surface area contributed by atoms with Crippen LogP contribution in [0.25, 0.3) is 10.9 Å². The third-order valence-electron chi connectivity index (χ3n) is 5.79. The maximum atomic E-state index is 13.3. The Morgan fingerprint density at radius 3 is 2.65 bits per heavy atom. The summed E-state index contributed by atoms with van der Waals surface area (Å²) in [7, 11) is 1.31. The van der Waals surface area contributed by atoms with Gasteiger partial charge in [0.25, 0.3) is 5.56 Å². The molecule has 1 heterocycles. The molecule has 10 nitrogen and oxygen atoms in total. The van der Waals surface area contributed by atoms with E-state index in [9.17, 15) is 19.7 Å². The molecule has 34 heavy (non-hydrogen) atoms. The van der Waals surface area contributed by atoms with E-state index in [1.54, 1.807) is 18.2 Å². The molecule has 1 fully saturated rings. The average molecular weight is 464 g/mol. The van der Waals surface area contributed by atoms with Gasteiger partial charge in [-0.15, -0.1) is 0 Å². The fourth-order valence-corrected chi connectivity index (χ4v) is 4.22. The molecule has 176 valence electrons. The van der Waals surface area contributed by atoms with Crippen molar-refractivity contribution in [2.24, 2.45) is 5.10 Å². The predicted molar refractivity (Wildman–Crippen MR) is 126 cm³/mol. The van der Waals surface area contributed by atoms with E-state index < -0.39 is 16.6 Å². The van der Waals surface area contributed by atoms with Crippen molar-refractivity contribution in [1.29, 1.82) is 0 Å². The molecular formula is C24H24N4O6. The van der Waals surface area contributed by atoms with Crippen molar-refractivity contribution in [3.8, 4) is 11.5 Å². The van der Waals surface area contributed by atoms with E-state index in [4.69, 9.17) is 14.5 Å². The fraction of sp³-hybridized carbons (Fsp3) is 0.333. The topological polar surface area (TPSA) is 126 Å². The van der Waals surface area contributed by atoms with Crippen LogP contribution >= 0.6 is 0 Å². The number of methoxy groups -OCH3 is 1. The number of ether oxygens (including phenoxy) is 2. The van der Waals surface area contributed by atoms with Gasteiger partial charge in [0.15, 0.2) is 5.75 Å². The minimum absolute atomic E-state index is 0.00216. The van der Waals surface area contributed by atoms with Gasteiger partial charge >= 0.3 is 11.7 Å². The third-order valence-corrected chi connectivity index (χ3v) is 5.79. The third kappa shape index (κ3) is 4.66. The molecule has 0 bridgehead atoms. The number of hydrogen-bond acceptors (Lipinski definition) is 8. The Hall–Kier alpha value is -4.08. The number of para-hydroxylation sites is 1. The zero-order valence-corrected chi connectivity index (χ0v) is 18.9. The summed E-state index contributed by atoms with van der Waals surface area (Å²) in [6.45, 7) is 1.14. The van der Waals surface area contributed by atoms with Crippen molar-refractivity contribution in [3.63, 3.8) is 0 Å². The van der Waals surface area contributed by atoms with Gasteiger partial charge in [0.2, 0.25) is 5.75 Å². The van der Waals surface area contributed by atoms with Crippen LogP contribution in [-0.4, -0.2) is 33.9 Å². The molecule has 0 unspecified atom stereocenters. The number of hydrogen-bond donors (Lipinski definition) is 0. The Kier molecular flexibility index (Phi) is 6.67. The second kappa shape index (κ2) is 9.82. The SMILES string of the molecule is COc1cc(C=Nn2c(C3CCCCC3)nc3ccccc3c2=O)cc([N+](=O)[O-])c1OC(C)=O. The molecule has 2 aromatic carbocycles. The molecule has 0 aliphatic heterocycles. The number of aromatic nitrogens is 2. The predicted octanol–water partition coefficient (Wildman–Crippen LogP) is 4.17. The molecule has 0 saturated heterocycles. The highest BCUT2D eigenvalue weighted by atomic mass is 16.6. The van der Waals surface area contributed by atoms with Crippen LogP contribution in [0.3, 0.4) is 0 Å². The number of esters is 1. The number of fused-ring (bicyclic) bond motifs is 1. The minimum Gasteiger partial charge on any atom is -0.493 e. The molecule has 0 spiro atoms. The van der Waals surface area contributed by atoms with E-state index in [0.29, 0.717) is 22.3 Å². The van der Waals surface area contributed by atoms with E-state index in [-0.39, 0.29) is 23.0 Å². The van der Waals surface area contributed by atoms with Gasteiger partial charge in [-0.1, -0.05) is 31.4 Å². The fourth-order valence-electron chi connectivity index (χ4n) is 4.22. The van der Waals surface area contributed by atoms with Crippen LogP contribution < -0.4 is 15.0 Å². The summed E-state index contributed by atoms with van der Waals surface area (Å²) in [5.41, 5.74) is 0.157. The van der Waals surface area contributed by atoms with Gasteiger partial charge in [0.05, 0.1) is 29.2 Å². The van der Waals surface area contributed by atoms with E-state index in [1.807, 2.05) is 6.07 Å². The summed E-state index contributed by atoms with van der Waals surface area (Å²) in [5.74, 6) is -0.322. The first-order valence-electron chi connectivity index (χ1n) is 11.0. The highest BCUT2D eigenvalue weighted by Gasteiger charge is 2.25. The quantitative estimate of drug-likeness (QED) is 0.176. The highest BCUT2D eigenvalue weighted by molar-refractivity contribution is 5.84. The maximum Gasteiger partial charge on any atom is 0.316 e. The van der Waals surface area contributed by atoms with Crippen molar-refractivity contribution in [2.75, 3.05) is 7.11 Å². The first-order valence-corrected chi connectivity index (χ1v) is 11.0. The van der Waals surface area contributed by atoms with Gasteiger partial charge in [-0.05, 0) is 31.0 Å². The molecule has 0 N–H and O–H groups in total. The molecule has 0 radical (unpaired) electrons. The van der Waals surface area contributed by atoms with Crippen molar-refractivity contribution in [1.82, 2.24) is 9.66 Å². The van der Waals surface area contributed by atoms with Crippen LogP contribution in [0.2, 0.25) is 0 Å². The van der Waals surface area contributed by atoms with Crippen LogP contribution in [0.4, 0.5) is 5.69 Å². The lowest BCUT2D eigenvalue weighted by molar-refractivity contribution is -0.385. The summed E-state index contributed by atoms with van der Waals surface area (Å²) < 4.78 is 11.5. The van der Waals surface area contributed by atoms with Gasteiger partial charge in [0, 0.05) is 24.5 Å². The van der Waals surface area contributed by atoms with Crippen LogP contribution in [-0.2, 0) is 4.79 Å². The summed E-state index contributed by atoms with van der Waals surface area (Å²) in [4.78, 5) is 40.4. The van der Waals surface area contributed by atoms with Crippen LogP contribution in [0, 0.1) is 10.1 Å². The smallest absolute Gasteiger partial charge is 0.316 e. The highest BCUT2D eigenvalue weighted by Crippen LogP contribution is 2.38. The first kappa shape index (κ1) is 23.1. The van der Waals surface area contributed by atoms with Gasteiger partial charge in [0.1, 0.15) is 5.82 Å². The molecule has 1 aliphatic rings. The van der Waals surface area contributed by atoms with Crippen LogP contribution in [0.1, 0.15) is 56.3 Å². The lowest BCUT2D eigenvalue weighted by Crippen LogP contribution is -2.25. The molecule has 1 saturated carbocycles. The lowest BCUT2D eigenvalue weighted by Gasteiger charge is -2.22. The molecular weight excluding hydrogens is 440 g/mol. The molecule has 1 aromatic heterocycles. The number of nitro benzene ring substituents is 1. The van der Waals surface area contributed by atoms with Gasteiger partial charge in [-0.3, -0.25) is 19.7 Å². The summed E-state index contributed by atoms with van der Waals surface area (Å²) in [5, 5.41) is 16.4. The van der Waals surface area contributed by atoms with Gasteiger partial charge < -0.3 is 9.47 Å². The number of carbonyl (C=O) groups is 1. The summed E-state index contributed by atoms with van der Waals surface area (Å²) >= 11 is 0. The Bertz CT molecular complexity index is 1340. The standard InChI is InChI=1S/C24H24N4O6/c1-15(29)34-22-20(28(31)32)12-16(13-21(22)33-2)14-25-27-23(17-8-4-3-5-9-17)26-19-11-7-6-10-18(19)24(27)30/h6-7,10-14,17H,3-5,8-9H2,1-2H3. The second-order valence-corrected chi connectivity index (χ2v) is 8.11. The lowest BCUT2D eigenvalue weighted by atomic mass is 9.88. The number of rotatable bonds is 6. The summed E-state index contributed by atoms with van der Waals surface area (Å²) in [6.07, 6.45) is 6.43. The number of carbonyl (C=O) groups excluding carboxylic acids is 1. The monoisotopic (exact) mass is 464 g/mol. The van der Waals surface area contributed by atoms with Gasteiger partial charge in [-0.25, -0.2) is 4.98 Å². The van der Waals surface area contributed by atoms with E-state index in [1.165, 1.54) is 30.1 Å². The minimum atomic E-state index is -0.714. The van der Waals surface area contributed by atoms with E-state index in [2.05, 4.69) is 5.10 Å². The number of nitrogens with zero attached hydrogens (tertiary/aromatic N) is 4. The van der Waals surface area contributed by atoms with Crippen molar-refractivity contribution < 1.29 is 19.2 Å². The zero-order chi connectivity index (χ0) is 24.2. The number of benzene rings is 2. The van der Waals surface area contributed by atoms with Crippen molar-refractivity contribution in [2.45, 2.75) is 44.9 Å². The molecule has 4 rings (SSSR count). The van der Waals surface area contributed by atoms with Crippen molar-refractivity contribution in [3.05, 3.63) is 68.3 Å². The van der Waals surface area contributed by atoms with Crippen LogP contribution in [0.5, 0.6) is 11.5 Å². The molecule has 3 aromatic rings. The maximum absolute atomic E-state index is 13.3. The first-order chi connectivity index (χ1) is 16.4. The van der Waals surface area contributed by atoms with E-state index in [0.717, 1.165) is 39.0 Å². The largest absolute Gasteiger partial charge is 0.493 e. The Labute approximate surface area is 195 Å². The second-order valence-electron chi connectivity index (χ2n) is 8.11. The van der Waals surface area contributed by atoms with Crippen LogP contribution in [0.15, 0.2) is 46.3 Å². The van der Waals surface area contributed by atoms with Gasteiger partial charge in [-0.2, -0.15) is 9.78 Å². The summed E-state index contributed by atoms with van der Waals surface area (Å²) in [6, 6.07) is 9.77. The molecule has 0 atom stereocenters. The number of nitro groups is 1. The Balaban J connectivity index is 1.84. The Morgan fingerprint density at radius 1 is 1.24 bits per heavy atom. The molecule has 1 aliphatic carbocycles. The van der Waals surface area contributed by atoms with Crippen molar-refractivity contribution >= 4 is 28.8 Å². The molecule has 10 heteroatoms. The normalized spacial score (nSPS) is 14.4.